The van der Waals surface area contributed by atoms with E-state index in [2.05, 4.69) is 69.0 Å². The van der Waals surface area contributed by atoms with Crippen molar-refractivity contribution < 1.29 is 18.9 Å². The molecule has 0 aliphatic carbocycles. The molecule has 1 saturated heterocycles. The van der Waals surface area contributed by atoms with Gasteiger partial charge in [-0.3, -0.25) is 4.90 Å². The van der Waals surface area contributed by atoms with E-state index in [0.29, 0.717) is 45.6 Å². The summed E-state index contributed by atoms with van der Waals surface area (Å²) >= 11 is 0. The lowest BCUT2D eigenvalue weighted by atomic mass is 10.1. The number of methoxy groups -OCH3 is 1. The lowest BCUT2D eigenvalue weighted by Crippen LogP contribution is -2.51. The van der Waals surface area contributed by atoms with Crippen molar-refractivity contribution in [1.82, 2.24) is 24.8 Å². The molecule has 4 N–H and O–H groups in total. The van der Waals surface area contributed by atoms with Gasteiger partial charge in [-0.2, -0.15) is 4.98 Å². The summed E-state index contributed by atoms with van der Waals surface area (Å²) in [5.74, 6) is 1.93. The van der Waals surface area contributed by atoms with Crippen LogP contribution in [0.4, 0.5) is 11.8 Å². The number of nitrogens with one attached hydrogen (secondary N) is 2. The standard InChI is InChI=1S/C32H51N7O4/c1-5-6-7-11-35-31-30-28(36-32(33)37-31)10-13-39(30)21-26-9-8-25(19-29(26)40-4)20-38-22-27(23-38)43-18-17-42-16-15-41-14-12-34-24(2)3/h8-10,13,19,24,27,34H,5-7,11-12,14-18,20-23H2,1-4H3,(H3,33,35,36,37). The zero-order chi connectivity index (χ0) is 30.4. The Morgan fingerprint density at radius 1 is 0.977 bits per heavy atom. The third-order valence-electron chi connectivity index (χ3n) is 7.47. The number of ether oxygens (including phenoxy) is 4. The monoisotopic (exact) mass is 597 g/mol. The second-order valence-corrected chi connectivity index (χ2v) is 11.4. The molecule has 0 saturated carbocycles. The summed E-state index contributed by atoms with van der Waals surface area (Å²) in [4.78, 5) is 11.3. The summed E-state index contributed by atoms with van der Waals surface area (Å²) < 4.78 is 25.1. The first-order valence-electron chi connectivity index (χ1n) is 15.7. The van der Waals surface area contributed by atoms with Crippen LogP contribution in [-0.2, 0) is 27.3 Å². The fourth-order valence-electron chi connectivity index (χ4n) is 5.19. The fraction of sp³-hybridized carbons (Fsp3) is 0.625. The normalized spacial score (nSPS) is 14.1. The number of hydrogen-bond acceptors (Lipinski definition) is 10. The Kier molecular flexibility index (Phi) is 13.3. The molecule has 3 heterocycles. The van der Waals surface area contributed by atoms with Gasteiger partial charge in [0, 0.05) is 50.5 Å². The second-order valence-electron chi connectivity index (χ2n) is 11.4. The predicted molar refractivity (Wildman–Crippen MR) is 172 cm³/mol. The van der Waals surface area contributed by atoms with E-state index in [1.54, 1.807) is 7.11 Å². The number of likely N-dealkylation sites (tertiary alicyclic amines) is 1. The van der Waals surface area contributed by atoms with Crippen molar-refractivity contribution in [3.05, 3.63) is 41.6 Å². The summed E-state index contributed by atoms with van der Waals surface area (Å²) in [6.45, 7) is 14.6. The zero-order valence-electron chi connectivity index (χ0n) is 26.4. The molecule has 0 bridgehead atoms. The Balaban J connectivity index is 1.20. The number of unbranched alkanes of at least 4 members (excludes halogenated alkanes) is 2. The van der Waals surface area contributed by atoms with Crippen molar-refractivity contribution in [3.8, 4) is 5.75 Å². The topological polar surface area (TPSA) is 121 Å². The molecule has 43 heavy (non-hydrogen) atoms. The lowest BCUT2D eigenvalue weighted by molar-refractivity contribution is -0.0764. The average Bonchev–Trinajstić information content (AvgIpc) is 3.37. The maximum absolute atomic E-state index is 5.99. The molecule has 11 nitrogen and oxygen atoms in total. The highest BCUT2D eigenvalue weighted by atomic mass is 16.5. The number of aromatic nitrogens is 3. The fourth-order valence-corrected chi connectivity index (χ4v) is 5.19. The number of nitrogen functional groups attached to an aromatic ring is 1. The zero-order valence-corrected chi connectivity index (χ0v) is 26.4. The number of hydrogen-bond donors (Lipinski definition) is 3. The molecule has 1 aliphatic heterocycles. The van der Waals surface area contributed by atoms with Gasteiger partial charge in [0.15, 0.2) is 5.82 Å². The van der Waals surface area contributed by atoms with Gasteiger partial charge in [0.2, 0.25) is 5.95 Å². The van der Waals surface area contributed by atoms with Crippen LogP contribution in [0, 0.1) is 0 Å². The minimum atomic E-state index is 0.256. The van der Waals surface area contributed by atoms with Crippen molar-refractivity contribution >= 4 is 22.8 Å². The third kappa shape index (κ3) is 10.3. The first-order valence-corrected chi connectivity index (χ1v) is 15.7. The molecule has 1 aromatic carbocycles. The number of nitrogens with zero attached hydrogens (tertiary/aromatic N) is 4. The molecule has 1 fully saturated rings. The Hall–Kier alpha value is -2.96. The minimum absolute atomic E-state index is 0.256. The van der Waals surface area contributed by atoms with Crippen LogP contribution in [0.3, 0.4) is 0 Å². The van der Waals surface area contributed by atoms with E-state index in [9.17, 15) is 0 Å². The number of fused-ring (bicyclic) bond motifs is 1. The van der Waals surface area contributed by atoms with E-state index in [-0.39, 0.29) is 12.1 Å². The first kappa shape index (κ1) is 32.9. The Morgan fingerprint density at radius 2 is 1.77 bits per heavy atom. The Bertz CT molecular complexity index is 1250. The quantitative estimate of drug-likeness (QED) is 0.156. The molecule has 0 atom stereocenters. The summed E-state index contributed by atoms with van der Waals surface area (Å²) in [7, 11) is 1.73. The highest BCUT2D eigenvalue weighted by Crippen LogP contribution is 2.28. The van der Waals surface area contributed by atoms with Crippen LogP contribution in [0.2, 0.25) is 0 Å². The molecule has 0 amide bonds. The predicted octanol–water partition coefficient (Wildman–Crippen LogP) is 3.90. The van der Waals surface area contributed by atoms with Crippen molar-refractivity contribution in [3.63, 3.8) is 0 Å². The number of nitrogens with two attached hydrogens (primary N) is 1. The van der Waals surface area contributed by atoms with Gasteiger partial charge in [0.05, 0.1) is 58.3 Å². The van der Waals surface area contributed by atoms with E-state index in [4.69, 9.17) is 24.7 Å². The van der Waals surface area contributed by atoms with Crippen LogP contribution in [0.15, 0.2) is 30.5 Å². The Morgan fingerprint density at radius 3 is 2.53 bits per heavy atom. The van der Waals surface area contributed by atoms with Crippen molar-refractivity contribution in [2.75, 3.05) is 77.4 Å². The summed E-state index contributed by atoms with van der Waals surface area (Å²) in [6.07, 6.45) is 5.73. The first-order chi connectivity index (χ1) is 21.0. The van der Waals surface area contributed by atoms with Crippen LogP contribution in [-0.4, -0.2) is 97.9 Å². The average molecular weight is 598 g/mol. The molecule has 0 radical (unpaired) electrons. The maximum atomic E-state index is 5.99. The van der Waals surface area contributed by atoms with Crippen LogP contribution in [0.25, 0.3) is 11.0 Å². The van der Waals surface area contributed by atoms with Crippen LogP contribution in [0.5, 0.6) is 5.75 Å². The SMILES string of the molecule is CCCCCNc1nc(N)nc2ccn(Cc3ccc(CN4CC(OCCOCCOCCNC(C)C)C4)cc3OC)c12. The summed E-state index contributed by atoms with van der Waals surface area (Å²) in [6, 6.07) is 8.95. The van der Waals surface area contributed by atoms with Gasteiger partial charge in [0.25, 0.3) is 0 Å². The van der Waals surface area contributed by atoms with Gasteiger partial charge in [0.1, 0.15) is 11.3 Å². The molecule has 2 aromatic heterocycles. The van der Waals surface area contributed by atoms with Crippen LogP contribution >= 0.6 is 0 Å². The minimum Gasteiger partial charge on any atom is -0.496 e. The van der Waals surface area contributed by atoms with Gasteiger partial charge in [-0.15, -0.1) is 0 Å². The van der Waals surface area contributed by atoms with Gasteiger partial charge in [-0.05, 0) is 24.1 Å². The van der Waals surface area contributed by atoms with E-state index < -0.39 is 0 Å². The third-order valence-corrected chi connectivity index (χ3v) is 7.47. The smallest absolute Gasteiger partial charge is 0.222 e. The summed E-state index contributed by atoms with van der Waals surface area (Å²) in [5, 5.41) is 6.80. The van der Waals surface area contributed by atoms with Crippen molar-refractivity contribution in [1.29, 1.82) is 0 Å². The molecule has 1 aliphatic rings. The van der Waals surface area contributed by atoms with E-state index in [1.165, 1.54) is 18.4 Å². The molecule has 3 aromatic rings. The number of rotatable bonds is 21. The molecular formula is C32H51N7O4. The van der Waals surface area contributed by atoms with Crippen molar-refractivity contribution in [2.45, 2.75) is 65.3 Å². The van der Waals surface area contributed by atoms with Crippen LogP contribution < -0.4 is 21.1 Å². The van der Waals surface area contributed by atoms with Gasteiger partial charge in [-0.1, -0.05) is 45.7 Å². The van der Waals surface area contributed by atoms with E-state index in [0.717, 1.165) is 67.3 Å². The van der Waals surface area contributed by atoms with Crippen LogP contribution in [0.1, 0.15) is 51.2 Å². The molecule has 11 heteroatoms. The molecule has 4 rings (SSSR count). The lowest BCUT2D eigenvalue weighted by Gasteiger charge is -2.39. The molecule has 0 spiro atoms. The van der Waals surface area contributed by atoms with Gasteiger partial charge < -0.3 is 39.9 Å². The maximum Gasteiger partial charge on any atom is 0.222 e. The highest BCUT2D eigenvalue weighted by Gasteiger charge is 2.27. The molecule has 0 unspecified atom stereocenters. The second kappa shape index (κ2) is 17.4. The van der Waals surface area contributed by atoms with Gasteiger partial charge >= 0.3 is 0 Å². The number of benzene rings is 1. The van der Waals surface area contributed by atoms with E-state index >= 15 is 0 Å². The molecular weight excluding hydrogens is 546 g/mol. The summed E-state index contributed by atoms with van der Waals surface area (Å²) in [5.41, 5.74) is 10.1. The van der Waals surface area contributed by atoms with Gasteiger partial charge in [-0.25, -0.2) is 4.98 Å². The largest absolute Gasteiger partial charge is 0.496 e. The molecule has 238 valence electrons. The highest BCUT2D eigenvalue weighted by molar-refractivity contribution is 5.87. The van der Waals surface area contributed by atoms with Crippen molar-refractivity contribution in [2.24, 2.45) is 0 Å². The number of anilines is 2. The van der Waals surface area contributed by atoms with E-state index in [1.807, 2.05) is 12.3 Å². The Labute approximate surface area is 256 Å².